The maximum atomic E-state index is 13.2. The average Bonchev–Trinajstić information content (AvgIpc) is 3.29. The van der Waals surface area contributed by atoms with E-state index in [0.717, 1.165) is 22.3 Å². The van der Waals surface area contributed by atoms with Crippen LogP contribution in [0.15, 0.2) is 66.7 Å². The van der Waals surface area contributed by atoms with Crippen LogP contribution in [0.25, 0.3) is 11.1 Å². The van der Waals surface area contributed by atoms with Gasteiger partial charge in [-0.2, -0.15) is 0 Å². The normalized spacial score (nSPS) is 15.8. The number of carbonyl (C=O) groups excluding carboxylic acids is 1. The summed E-state index contributed by atoms with van der Waals surface area (Å²) >= 11 is 0. The number of ether oxygens (including phenoxy) is 3. The molecule has 174 valence electrons. The second-order valence-corrected chi connectivity index (χ2v) is 8.01. The van der Waals surface area contributed by atoms with Gasteiger partial charge in [-0.05, 0) is 39.9 Å². The molecule has 0 unspecified atom stereocenters. The number of halogens is 2. The lowest BCUT2D eigenvalue weighted by atomic mass is 9.98. The van der Waals surface area contributed by atoms with Crippen molar-refractivity contribution in [2.24, 2.45) is 0 Å². The van der Waals surface area contributed by atoms with Crippen LogP contribution in [0, 0.1) is 0 Å². The Morgan fingerprint density at radius 1 is 0.971 bits per heavy atom. The fraction of sp³-hybridized carbons (Fsp3) is 0.200. The minimum Gasteiger partial charge on any atom is -0.480 e. The van der Waals surface area contributed by atoms with Gasteiger partial charge in [0.25, 0.3) is 0 Å². The number of carboxylic acids is 1. The van der Waals surface area contributed by atoms with Gasteiger partial charge in [0.1, 0.15) is 12.6 Å². The summed E-state index contributed by atoms with van der Waals surface area (Å²) in [7, 11) is 0. The van der Waals surface area contributed by atoms with Crippen LogP contribution in [0.3, 0.4) is 0 Å². The second-order valence-electron chi connectivity index (χ2n) is 8.01. The highest BCUT2D eigenvalue weighted by Gasteiger charge is 2.43. The fourth-order valence-corrected chi connectivity index (χ4v) is 4.34. The van der Waals surface area contributed by atoms with Gasteiger partial charge >= 0.3 is 18.4 Å². The van der Waals surface area contributed by atoms with E-state index in [4.69, 9.17) is 4.74 Å². The molecule has 0 aromatic heterocycles. The van der Waals surface area contributed by atoms with E-state index in [1.807, 2.05) is 48.5 Å². The maximum Gasteiger partial charge on any atom is 0.586 e. The first-order valence-corrected chi connectivity index (χ1v) is 10.5. The number of hydrogen-bond donors (Lipinski definition) is 2. The minimum absolute atomic E-state index is 0.0330. The lowest BCUT2D eigenvalue weighted by molar-refractivity contribution is -0.286. The molecular weight excluding hydrogens is 448 g/mol. The first-order chi connectivity index (χ1) is 16.3. The van der Waals surface area contributed by atoms with Crippen molar-refractivity contribution in [3.8, 4) is 22.6 Å². The molecular formula is C25H19F2NO6. The number of alkyl carbamates (subject to hydrolysis) is 1. The van der Waals surface area contributed by atoms with Gasteiger partial charge in [0.05, 0.1) is 0 Å². The van der Waals surface area contributed by atoms with Crippen LogP contribution in [-0.2, 0) is 16.0 Å². The number of nitrogens with one attached hydrogen (secondary N) is 1. The number of carbonyl (C=O) groups is 2. The quantitative estimate of drug-likeness (QED) is 0.553. The zero-order valence-corrected chi connectivity index (χ0v) is 17.7. The van der Waals surface area contributed by atoms with Crippen molar-refractivity contribution in [1.82, 2.24) is 5.32 Å². The summed E-state index contributed by atoms with van der Waals surface area (Å²) in [6, 6.07) is 18.3. The van der Waals surface area contributed by atoms with Gasteiger partial charge in [0.15, 0.2) is 11.5 Å². The Morgan fingerprint density at radius 3 is 2.24 bits per heavy atom. The first-order valence-electron chi connectivity index (χ1n) is 10.5. The molecule has 2 aliphatic rings. The highest BCUT2D eigenvalue weighted by atomic mass is 19.3. The number of hydrogen-bond acceptors (Lipinski definition) is 5. The van der Waals surface area contributed by atoms with Gasteiger partial charge in [0, 0.05) is 12.3 Å². The number of alkyl halides is 2. The third-order valence-corrected chi connectivity index (χ3v) is 5.84. The monoisotopic (exact) mass is 467 g/mol. The first kappa shape index (κ1) is 21.7. The molecule has 0 saturated carbocycles. The molecule has 34 heavy (non-hydrogen) atoms. The summed E-state index contributed by atoms with van der Waals surface area (Å²) in [4.78, 5) is 24.2. The van der Waals surface area contributed by atoms with E-state index in [0.29, 0.717) is 5.56 Å². The fourth-order valence-electron chi connectivity index (χ4n) is 4.34. The van der Waals surface area contributed by atoms with Gasteiger partial charge < -0.3 is 24.6 Å². The van der Waals surface area contributed by atoms with Crippen molar-refractivity contribution in [1.29, 1.82) is 0 Å². The van der Waals surface area contributed by atoms with E-state index in [1.165, 1.54) is 18.2 Å². The van der Waals surface area contributed by atoms with E-state index in [2.05, 4.69) is 14.8 Å². The van der Waals surface area contributed by atoms with Crippen molar-refractivity contribution in [2.45, 2.75) is 24.7 Å². The molecule has 5 rings (SSSR count). The summed E-state index contributed by atoms with van der Waals surface area (Å²) < 4.78 is 40.6. The average molecular weight is 467 g/mol. The SMILES string of the molecule is O=C(N[C@@H](Cc1ccc2c(c1)OC(F)(F)O2)C(=O)O)OCC1c2ccccc2-c2ccccc21. The van der Waals surface area contributed by atoms with E-state index < -0.39 is 24.4 Å². The number of fused-ring (bicyclic) bond motifs is 4. The Labute approximate surface area is 192 Å². The van der Waals surface area contributed by atoms with Gasteiger partial charge in [0.2, 0.25) is 0 Å². The standard InChI is InChI=1S/C25H19F2NO6/c26-25(27)33-21-10-9-14(12-22(21)34-25)11-20(23(29)30)28-24(31)32-13-19-17-7-3-1-5-15(17)16-6-2-4-8-18(16)19/h1-10,12,19-20H,11,13H2,(H,28,31)(H,29,30)/t20-/m0/s1. The summed E-state index contributed by atoms with van der Waals surface area (Å²) in [6.45, 7) is 0.0330. The topological polar surface area (TPSA) is 94.1 Å². The van der Waals surface area contributed by atoms with E-state index in [1.54, 1.807) is 0 Å². The lowest BCUT2D eigenvalue weighted by Gasteiger charge is -2.17. The smallest absolute Gasteiger partial charge is 0.480 e. The van der Waals surface area contributed by atoms with Crippen molar-refractivity contribution in [2.75, 3.05) is 6.61 Å². The van der Waals surface area contributed by atoms with Crippen molar-refractivity contribution >= 4 is 12.1 Å². The zero-order valence-electron chi connectivity index (χ0n) is 17.7. The summed E-state index contributed by atoms with van der Waals surface area (Å²) in [5.74, 6) is -1.81. The zero-order chi connectivity index (χ0) is 23.9. The summed E-state index contributed by atoms with van der Waals surface area (Å²) in [5, 5.41) is 11.9. The van der Waals surface area contributed by atoms with Crippen molar-refractivity contribution in [3.05, 3.63) is 83.4 Å². The molecule has 3 aromatic carbocycles. The van der Waals surface area contributed by atoms with Crippen LogP contribution in [0.2, 0.25) is 0 Å². The Kier molecular flexibility index (Phi) is 5.31. The molecule has 7 nitrogen and oxygen atoms in total. The molecule has 0 fully saturated rings. The maximum absolute atomic E-state index is 13.2. The number of carboxylic acid groups (broad SMARTS) is 1. The molecule has 1 amide bonds. The predicted octanol–water partition coefficient (Wildman–Crippen LogP) is 4.54. The van der Waals surface area contributed by atoms with Gasteiger partial charge in [-0.3, -0.25) is 0 Å². The Hall–Kier alpha value is -4.14. The van der Waals surface area contributed by atoms with Crippen molar-refractivity contribution < 1.29 is 37.7 Å². The third-order valence-electron chi connectivity index (χ3n) is 5.84. The lowest BCUT2D eigenvalue weighted by Crippen LogP contribution is -2.42. The van der Waals surface area contributed by atoms with Gasteiger partial charge in [-0.25, -0.2) is 9.59 Å². The number of rotatable bonds is 6. The summed E-state index contributed by atoms with van der Waals surface area (Å²) in [6.07, 6.45) is -4.82. The number of benzene rings is 3. The van der Waals surface area contributed by atoms with Crippen LogP contribution in [0.4, 0.5) is 13.6 Å². The molecule has 1 aliphatic heterocycles. The molecule has 0 saturated heterocycles. The molecule has 0 bridgehead atoms. The molecule has 1 atom stereocenters. The van der Waals surface area contributed by atoms with Crippen LogP contribution in [0.1, 0.15) is 22.6 Å². The van der Waals surface area contributed by atoms with Crippen LogP contribution in [0.5, 0.6) is 11.5 Å². The predicted molar refractivity (Wildman–Crippen MR) is 116 cm³/mol. The number of amides is 1. The van der Waals surface area contributed by atoms with Crippen LogP contribution in [-0.4, -0.2) is 36.1 Å². The van der Waals surface area contributed by atoms with Gasteiger partial charge in [-0.15, -0.1) is 8.78 Å². The van der Waals surface area contributed by atoms with Crippen LogP contribution < -0.4 is 14.8 Å². The van der Waals surface area contributed by atoms with E-state index >= 15 is 0 Å². The molecule has 2 N–H and O–H groups in total. The molecule has 1 heterocycles. The third kappa shape index (κ3) is 4.12. The number of aliphatic carboxylic acids is 1. The van der Waals surface area contributed by atoms with Crippen molar-refractivity contribution in [3.63, 3.8) is 0 Å². The molecule has 3 aromatic rings. The molecule has 0 spiro atoms. The van der Waals surface area contributed by atoms with E-state index in [-0.39, 0.29) is 30.4 Å². The second kappa shape index (κ2) is 8.33. The molecule has 0 radical (unpaired) electrons. The minimum atomic E-state index is -3.77. The van der Waals surface area contributed by atoms with E-state index in [9.17, 15) is 23.5 Å². The largest absolute Gasteiger partial charge is 0.586 e. The highest BCUT2D eigenvalue weighted by molar-refractivity contribution is 5.81. The van der Waals surface area contributed by atoms with Crippen LogP contribution >= 0.6 is 0 Å². The summed E-state index contributed by atoms with van der Waals surface area (Å²) in [5.41, 5.74) is 4.58. The Bertz CT molecular complexity index is 1230. The molecule has 9 heteroatoms. The highest BCUT2D eigenvalue weighted by Crippen LogP contribution is 2.44. The Balaban J connectivity index is 1.25. The van der Waals surface area contributed by atoms with Gasteiger partial charge in [-0.1, -0.05) is 54.6 Å². The Morgan fingerprint density at radius 2 is 1.59 bits per heavy atom. The molecule has 1 aliphatic carbocycles.